The van der Waals surface area contributed by atoms with E-state index in [1.165, 1.54) is 0 Å². The fourth-order valence-corrected chi connectivity index (χ4v) is 4.02. The summed E-state index contributed by atoms with van der Waals surface area (Å²) in [6, 6.07) is 15.6. The largest absolute Gasteiger partial charge is 0.507 e. The SMILES string of the molecule is CCCOc1ccc(/C(O)=C2\C(=O)C(=O)N(CCCn3ccnc3)[C@H]2c2ccccc2)cc1. The van der Waals surface area contributed by atoms with Crippen molar-refractivity contribution in [3.63, 3.8) is 0 Å². The molecule has 1 aliphatic rings. The molecule has 7 nitrogen and oxygen atoms in total. The highest BCUT2D eigenvalue weighted by Crippen LogP contribution is 2.39. The fourth-order valence-electron chi connectivity index (χ4n) is 4.02. The smallest absolute Gasteiger partial charge is 0.295 e. The number of nitrogens with zero attached hydrogens (tertiary/aromatic N) is 3. The van der Waals surface area contributed by atoms with E-state index in [-0.39, 0.29) is 11.3 Å². The van der Waals surface area contributed by atoms with Gasteiger partial charge >= 0.3 is 0 Å². The van der Waals surface area contributed by atoms with Gasteiger partial charge in [-0.05, 0) is 42.7 Å². The molecule has 2 aromatic carbocycles. The van der Waals surface area contributed by atoms with Gasteiger partial charge in [0.2, 0.25) is 0 Å². The molecule has 170 valence electrons. The number of aliphatic hydroxyl groups is 1. The molecule has 1 aliphatic heterocycles. The number of hydrogen-bond donors (Lipinski definition) is 1. The Bertz CT molecular complexity index is 1120. The number of carbonyl (C=O) groups excluding carboxylic acids is 2. The number of aromatic nitrogens is 2. The summed E-state index contributed by atoms with van der Waals surface area (Å²) in [5.41, 5.74) is 1.36. The quantitative estimate of drug-likeness (QED) is 0.303. The summed E-state index contributed by atoms with van der Waals surface area (Å²) < 4.78 is 7.53. The normalized spacial score (nSPS) is 17.5. The predicted octanol–water partition coefficient (Wildman–Crippen LogP) is 4.18. The van der Waals surface area contributed by atoms with Gasteiger partial charge < -0.3 is 19.3 Å². The molecule has 0 aliphatic carbocycles. The van der Waals surface area contributed by atoms with E-state index in [4.69, 9.17) is 4.74 Å². The Morgan fingerprint density at radius 2 is 1.82 bits per heavy atom. The number of likely N-dealkylation sites (tertiary alicyclic amines) is 1. The van der Waals surface area contributed by atoms with Crippen LogP contribution in [-0.2, 0) is 16.1 Å². The van der Waals surface area contributed by atoms with E-state index >= 15 is 0 Å². The summed E-state index contributed by atoms with van der Waals surface area (Å²) in [5.74, 6) is -0.761. The zero-order valence-electron chi connectivity index (χ0n) is 18.6. The van der Waals surface area contributed by atoms with Crippen molar-refractivity contribution in [2.75, 3.05) is 13.2 Å². The second-order valence-electron chi connectivity index (χ2n) is 7.93. The monoisotopic (exact) mass is 445 g/mol. The van der Waals surface area contributed by atoms with E-state index in [0.29, 0.717) is 37.4 Å². The first kappa shape index (κ1) is 22.3. The van der Waals surface area contributed by atoms with Gasteiger partial charge in [0, 0.05) is 31.0 Å². The lowest BCUT2D eigenvalue weighted by Gasteiger charge is -2.25. The lowest BCUT2D eigenvalue weighted by Crippen LogP contribution is -2.31. The summed E-state index contributed by atoms with van der Waals surface area (Å²) in [6.45, 7) is 3.67. The summed E-state index contributed by atoms with van der Waals surface area (Å²) in [4.78, 5) is 31.6. The molecule has 1 fully saturated rings. The minimum absolute atomic E-state index is 0.107. The molecular weight excluding hydrogens is 418 g/mol. The fraction of sp³-hybridized carbons (Fsp3) is 0.269. The Morgan fingerprint density at radius 1 is 1.06 bits per heavy atom. The van der Waals surface area contributed by atoms with Crippen LogP contribution in [0.3, 0.4) is 0 Å². The van der Waals surface area contributed by atoms with Crippen molar-refractivity contribution in [2.24, 2.45) is 0 Å². The summed E-state index contributed by atoms with van der Waals surface area (Å²) in [6.07, 6.45) is 6.82. The van der Waals surface area contributed by atoms with Gasteiger partial charge in [-0.2, -0.15) is 0 Å². The Kier molecular flexibility index (Phi) is 6.88. The van der Waals surface area contributed by atoms with Crippen LogP contribution in [0.1, 0.15) is 36.9 Å². The number of Topliss-reactive ketones (excluding diaryl/α,β-unsaturated/α-hetero) is 1. The second-order valence-corrected chi connectivity index (χ2v) is 7.93. The molecule has 0 saturated carbocycles. The number of hydrogen-bond acceptors (Lipinski definition) is 5. The molecule has 0 radical (unpaired) electrons. The molecule has 33 heavy (non-hydrogen) atoms. The number of rotatable bonds is 9. The minimum atomic E-state index is -0.671. The van der Waals surface area contributed by atoms with Gasteiger partial charge in [-0.25, -0.2) is 4.98 Å². The van der Waals surface area contributed by atoms with Gasteiger partial charge in [0.25, 0.3) is 11.7 Å². The van der Waals surface area contributed by atoms with E-state index < -0.39 is 17.7 Å². The molecule has 1 saturated heterocycles. The Labute approximate surface area is 192 Å². The topological polar surface area (TPSA) is 84.7 Å². The molecule has 4 rings (SSSR count). The number of amides is 1. The van der Waals surface area contributed by atoms with Crippen molar-refractivity contribution in [2.45, 2.75) is 32.4 Å². The van der Waals surface area contributed by atoms with Crippen LogP contribution in [0.15, 0.2) is 78.9 Å². The van der Waals surface area contributed by atoms with E-state index in [9.17, 15) is 14.7 Å². The third-order valence-electron chi connectivity index (χ3n) is 5.63. The Hall–Kier alpha value is -3.87. The number of aliphatic hydroxyl groups excluding tert-OH is 1. The molecule has 7 heteroatoms. The predicted molar refractivity (Wildman–Crippen MR) is 125 cm³/mol. The van der Waals surface area contributed by atoms with Crippen molar-refractivity contribution in [3.05, 3.63) is 90.0 Å². The molecule has 2 heterocycles. The van der Waals surface area contributed by atoms with Gasteiger partial charge in [0.05, 0.1) is 24.5 Å². The third-order valence-corrected chi connectivity index (χ3v) is 5.63. The number of carbonyl (C=O) groups is 2. The lowest BCUT2D eigenvalue weighted by atomic mass is 9.95. The van der Waals surface area contributed by atoms with Crippen LogP contribution in [0.4, 0.5) is 0 Å². The first-order chi connectivity index (χ1) is 16.1. The highest BCUT2D eigenvalue weighted by molar-refractivity contribution is 6.46. The number of ether oxygens (including phenoxy) is 1. The molecule has 1 N–H and O–H groups in total. The van der Waals surface area contributed by atoms with Gasteiger partial charge in [-0.3, -0.25) is 9.59 Å². The highest BCUT2D eigenvalue weighted by Gasteiger charge is 2.45. The van der Waals surface area contributed by atoms with Crippen LogP contribution in [0.25, 0.3) is 5.76 Å². The first-order valence-electron chi connectivity index (χ1n) is 11.1. The summed E-state index contributed by atoms with van der Waals surface area (Å²) in [5, 5.41) is 11.1. The molecule has 0 unspecified atom stereocenters. The van der Waals surface area contributed by atoms with Crippen LogP contribution in [0.5, 0.6) is 5.75 Å². The van der Waals surface area contributed by atoms with E-state index in [0.717, 1.165) is 12.0 Å². The van der Waals surface area contributed by atoms with Gasteiger partial charge in [-0.1, -0.05) is 37.3 Å². The maximum atomic E-state index is 13.1. The molecule has 1 aromatic heterocycles. The number of ketones is 1. The van der Waals surface area contributed by atoms with Gasteiger partial charge in [0.15, 0.2) is 0 Å². The zero-order valence-corrected chi connectivity index (χ0v) is 18.6. The average molecular weight is 446 g/mol. The highest BCUT2D eigenvalue weighted by atomic mass is 16.5. The van der Waals surface area contributed by atoms with Crippen LogP contribution in [0, 0.1) is 0 Å². The Morgan fingerprint density at radius 3 is 2.48 bits per heavy atom. The number of aryl methyl sites for hydroxylation is 1. The van der Waals surface area contributed by atoms with Crippen molar-refractivity contribution in [1.82, 2.24) is 14.5 Å². The molecule has 1 atom stereocenters. The third kappa shape index (κ3) is 4.82. The molecule has 1 amide bonds. The maximum Gasteiger partial charge on any atom is 0.295 e. The number of benzene rings is 2. The maximum absolute atomic E-state index is 13.1. The van der Waals surface area contributed by atoms with Crippen molar-refractivity contribution in [1.29, 1.82) is 0 Å². The van der Waals surface area contributed by atoms with E-state index in [1.807, 2.05) is 48.0 Å². The standard InChI is InChI=1S/C26H27N3O4/c1-2-17-33-21-11-9-20(10-12-21)24(30)22-23(19-7-4-3-5-8-19)29(26(32)25(22)31)15-6-14-28-16-13-27-18-28/h3-5,7-13,16,18,23,30H,2,6,14-15,17H2,1H3/b24-22+/t23-/m0/s1. The van der Waals surface area contributed by atoms with Crippen LogP contribution in [-0.4, -0.2) is 44.4 Å². The van der Waals surface area contributed by atoms with E-state index in [1.54, 1.807) is 41.7 Å². The average Bonchev–Trinajstić information content (AvgIpc) is 3.45. The van der Waals surface area contributed by atoms with Crippen LogP contribution < -0.4 is 4.74 Å². The van der Waals surface area contributed by atoms with Gasteiger partial charge in [-0.15, -0.1) is 0 Å². The molecule has 0 bridgehead atoms. The van der Waals surface area contributed by atoms with Crippen LogP contribution >= 0.6 is 0 Å². The zero-order chi connectivity index (χ0) is 23.2. The molecule has 0 spiro atoms. The van der Waals surface area contributed by atoms with Gasteiger partial charge in [0.1, 0.15) is 11.5 Å². The molecule has 3 aromatic rings. The van der Waals surface area contributed by atoms with E-state index in [2.05, 4.69) is 4.98 Å². The Balaban J connectivity index is 1.66. The summed E-state index contributed by atoms with van der Waals surface area (Å²) in [7, 11) is 0. The minimum Gasteiger partial charge on any atom is -0.507 e. The summed E-state index contributed by atoms with van der Waals surface area (Å²) >= 11 is 0. The number of imidazole rings is 1. The van der Waals surface area contributed by atoms with Crippen molar-refractivity contribution < 1.29 is 19.4 Å². The lowest BCUT2D eigenvalue weighted by molar-refractivity contribution is -0.139. The van der Waals surface area contributed by atoms with Crippen molar-refractivity contribution in [3.8, 4) is 5.75 Å². The second kappa shape index (κ2) is 10.2. The van der Waals surface area contributed by atoms with Crippen molar-refractivity contribution >= 4 is 17.4 Å². The first-order valence-corrected chi connectivity index (χ1v) is 11.1. The van der Waals surface area contributed by atoms with Crippen LogP contribution in [0.2, 0.25) is 0 Å². The molecular formula is C26H27N3O4.